The van der Waals surface area contributed by atoms with E-state index in [-0.39, 0.29) is 9.80 Å². The SMILES string of the molecule is CCCCn1cc(C=C(C#N)S(=O)(=O)c2ccccc2)c2ccccc21. The van der Waals surface area contributed by atoms with Gasteiger partial charge < -0.3 is 4.57 Å². The van der Waals surface area contributed by atoms with Crippen molar-refractivity contribution in [3.8, 4) is 6.07 Å². The molecule has 26 heavy (non-hydrogen) atoms. The summed E-state index contributed by atoms with van der Waals surface area (Å²) in [6, 6.07) is 17.8. The molecule has 0 aliphatic heterocycles. The number of fused-ring (bicyclic) bond motifs is 1. The van der Waals surface area contributed by atoms with Gasteiger partial charge >= 0.3 is 0 Å². The lowest BCUT2D eigenvalue weighted by Gasteiger charge is -2.02. The highest BCUT2D eigenvalue weighted by Gasteiger charge is 2.21. The Morgan fingerprint density at radius 3 is 2.50 bits per heavy atom. The van der Waals surface area contributed by atoms with Crippen LogP contribution < -0.4 is 0 Å². The fourth-order valence-electron chi connectivity index (χ4n) is 2.94. The van der Waals surface area contributed by atoms with E-state index in [0.29, 0.717) is 0 Å². The fraction of sp³-hybridized carbons (Fsp3) is 0.190. The Balaban J connectivity index is 2.12. The van der Waals surface area contributed by atoms with Crippen LogP contribution in [0.15, 0.2) is 70.6 Å². The minimum atomic E-state index is -3.83. The second kappa shape index (κ2) is 7.59. The van der Waals surface area contributed by atoms with Crippen molar-refractivity contribution in [3.05, 3.63) is 71.3 Å². The van der Waals surface area contributed by atoms with E-state index in [1.807, 2.05) is 36.5 Å². The van der Waals surface area contributed by atoms with Crippen molar-refractivity contribution in [2.75, 3.05) is 0 Å². The molecule has 4 nitrogen and oxygen atoms in total. The summed E-state index contributed by atoms with van der Waals surface area (Å²) in [7, 11) is -3.83. The number of hydrogen-bond donors (Lipinski definition) is 0. The average Bonchev–Trinajstić information content (AvgIpc) is 3.02. The molecule has 0 atom stereocenters. The number of aryl methyl sites for hydroxylation is 1. The van der Waals surface area contributed by atoms with Crippen LogP contribution in [0.1, 0.15) is 25.3 Å². The minimum absolute atomic E-state index is 0.127. The molecule has 0 spiro atoms. The smallest absolute Gasteiger partial charge is 0.216 e. The zero-order valence-corrected chi connectivity index (χ0v) is 15.4. The lowest BCUT2D eigenvalue weighted by atomic mass is 10.1. The second-order valence-electron chi connectivity index (χ2n) is 6.09. The van der Waals surface area contributed by atoms with Crippen LogP contribution in [0.5, 0.6) is 0 Å². The number of benzene rings is 2. The maximum Gasteiger partial charge on any atom is 0.216 e. The van der Waals surface area contributed by atoms with Crippen molar-refractivity contribution < 1.29 is 8.42 Å². The number of nitrogens with zero attached hydrogens (tertiary/aromatic N) is 2. The van der Waals surface area contributed by atoms with Gasteiger partial charge in [0, 0.05) is 29.2 Å². The molecular weight excluding hydrogens is 344 g/mol. The largest absolute Gasteiger partial charge is 0.347 e. The number of allylic oxidation sites excluding steroid dienone is 1. The quantitative estimate of drug-likeness (QED) is 0.591. The molecule has 0 fully saturated rings. The van der Waals surface area contributed by atoms with Gasteiger partial charge in [0.15, 0.2) is 0 Å². The summed E-state index contributed by atoms with van der Waals surface area (Å²) in [5, 5.41) is 10.4. The molecule has 0 saturated carbocycles. The highest BCUT2D eigenvalue weighted by atomic mass is 32.2. The molecule has 0 unspecified atom stereocenters. The molecule has 0 aliphatic carbocycles. The number of aromatic nitrogens is 1. The zero-order chi connectivity index (χ0) is 18.6. The molecule has 0 bridgehead atoms. The molecule has 3 aromatic rings. The third-order valence-corrected chi connectivity index (χ3v) is 5.99. The summed E-state index contributed by atoms with van der Waals surface area (Å²) in [6.07, 6.45) is 5.52. The number of nitriles is 1. The van der Waals surface area contributed by atoms with Crippen molar-refractivity contribution in [1.29, 1.82) is 5.26 Å². The predicted molar refractivity (Wildman–Crippen MR) is 104 cm³/mol. The molecule has 132 valence electrons. The Hall–Kier alpha value is -2.84. The summed E-state index contributed by atoms with van der Waals surface area (Å²) in [5.74, 6) is 0. The van der Waals surface area contributed by atoms with Gasteiger partial charge in [-0.2, -0.15) is 5.26 Å². The Labute approximate surface area is 153 Å². The van der Waals surface area contributed by atoms with Crippen LogP contribution in [0.3, 0.4) is 0 Å². The van der Waals surface area contributed by atoms with Gasteiger partial charge in [-0.15, -0.1) is 0 Å². The molecule has 0 radical (unpaired) electrons. The monoisotopic (exact) mass is 364 g/mol. The van der Waals surface area contributed by atoms with Gasteiger partial charge in [-0.25, -0.2) is 8.42 Å². The first kappa shape index (κ1) is 18.0. The topological polar surface area (TPSA) is 62.9 Å². The summed E-state index contributed by atoms with van der Waals surface area (Å²) >= 11 is 0. The normalized spacial score (nSPS) is 12.2. The standard InChI is InChI=1S/C21H20N2O2S/c1-2-3-13-23-16-17(20-11-7-8-12-21(20)23)14-19(15-22)26(24,25)18-9-5-4-6-10-18/h4-12,14,16H,2-3,13H2,1H3. The van der Waals surface area contributed by atoms with E-state index in [1.165, 1.54) is 18.2 Å². The third kappa shape index (κ3) is 3.42. The molecular formula is C21H20N2O2S. The minimum Gasteiger partial charge on any atom is -0.347 e. The van der Waals surface area contributed by atoms with E-state index in [0.717, 1.165) is 35.9 Å². The van der Waals surface area contributed by atoms with Gasteiger partial charge in [0.25, 0.3) is 0 Å². The summed E-state index contributed by atoms with van der Waals surface area (Å²) in [6.45, 7) is 2.99. The van der Waals surface area contributed by atoms with Crippen molar-refractivity contribution in [3.63, 3.8) is 0 Å². The number of para-hydroxylation sites is 1. The zero-order valence-electron chi connectivity index (χ0n) is 14.6. The Bertz CT molecular complexity index is 1090. The molecule has 0 amide bonds. The summed E-state index contributed by atoms with van der Waals surface area (Å²) in [4.78, 5) is -0.121. The predicted octanol–water partition coefficient (Wildman–Crippen LogP) is 4.78. The van der Waals surface area contributed by atoms with Gasteiger partial charge in [-0.1, -0.05) is 49.7 Å². The Morgan fingerprint density at radius 2 is 1.81 bits per heavy atom. The van der Waals surface area contributed by atoms with Crippen LogP contribution in [0.25, 0.3) is 17.0 Å². The van der Waals surface area contributed by atoms with E-state index in [2.05, 4.69) is 11.5 Å². The highest BCUT2D eigenvalue weighted by molar-refractivity contribution is 7.95. The van der Waals surface area contributed by atoms with Crippen LogP contribution in [0, 0.1) is 11.3 Å². The molecule has 0 aliphatic rings. The van der Waals surface area contributed by atoms with Crippen molar-refractivity contribution in [2.45, 2.75) is 31.2 Å². The van der Waals surface area contributed by atoms with E-state index >= 15 is 0 Å². The van der Waals surface area contributed by atoms with Crippen LogP contribution in [0.4, 0.5) is 0 Å². The summed E-state index contributed by atoms with van der Waals surface area (Å²) < 4.78 is 27.7. The lowest BCUT2D eigenvalue weighted by molar-refractivity contribution is 0.603. The molecule has 0 saturated heterocycles. The first-order chi connectivity index (χ1) is 12.6. The van der Waals surface area contributed by atoms with Gasteiger partial charge in [0.2, 0.25) is 9.84 Å². The molecule has 2 aromatic carbocycles. The van der Waals surface area contributed by atoms with Gasteiger partial charge in [0.05, 0.1) is 4.90 Å². The highest BCUT2D eigenvalue weighted by Crippen LogP contribution is 2.27. The van der Waals surface area contributed by atoms with Crippen LogP contribution in [-0.2, 0) is 16.4 Å². The number of unbranched alkanes of at least 4 members (excludes halogenated alkanes) is 1. The van der Waals surface area contributed by atoms with Crippen molar-refractivity contribution in [2.24, 2.45) is 0 Å². The van der Waals surface area contributed by atoms with Crippen molar-refractivity contribution >= 4 is 26.8 Å². The lowest BCUT2D eigenvalue weighted by Crippen LogP contribution is -2.03. The Morgan fingerprint density at radius 1 is 1.12 bits per heavy atom. The van der Waals surface area contributed by atoms with Crippen LogP contribution in [-0.4, -0.2) is 13.0 Å². The number of hydrogen-bond acceptors (Lipinski definition) is 3. The molecule has 3 rings (SSSR count). The van der Waals surface area contributed by atoms with Gasteiger partial charge in [0.1, 0.15) is 11.0 Å². The number of rotatable bonds is 6. The fourth-order valence-corrected chi connectivity index (χ4v) is 4.11. The number of sulfone groups is 1. The van der Waals surface area contributed by atoms with Crippen LogP contribution >= 0.6 is 0 Å². The maximum absolute atomic E-state index is 12.8. The van der Waals surface area contributed by atoms with E-state index < -0.39 is 9.84 Å². The molecule has 1 heterocycles. The summed E-state index contributed by atoms with van der Waals surface area (Å²) in [5.41, 5.74) is 1.79. The average molecular weight is 364 g/mol. The van der Waals surface area contributed by atoms with E-state index in [1.54, 1.807) is 18.2 Å². The first-order valence-corrected chi connectivity index (χ1v) is 10.1. The van der Waals surface area contributed by atoms with E-state index in [9.17, 15) is 13.7 Å². The first-order valence-electron chi connectivity index (χ1n) is 8.57. The maximum atomic E-state index is 12.8. The molecule has 5 heteroatoms. The van der Waals surface area contributed by atoms with Crippen molar-refractivity contribution in [1.82, 2.24) is 4.57 Å². The Kier molecular flexibility index (Phi) is 5.24. The second-order valence-corrected chi connectivity index (χ2v) is 8.00. The van der Waals surface area contributed by atoms with Gasteiger partial charge in [-0.05, 0) is 30.7 Å². The third-order valence-electron chi connectivity index (χ3n) is 4.31. The molecule has 0 N–H and O–H groups in total. The molecule has 1 aromatic heterocycles. The van der Waals surface area contributed by atoms with Crippen LogP contribution in [0.2, 0.25) is 0 Å². The van der Waals surface area contributed by atoms with E-state index in [4.69, 9.17) is 0 Å². The van der Waals surface area contributed by atoms with Gasteiger partial charge in [-0.3, -0.25) is 0 Å².